The van der Waals surface area contributed by atoms with Gasteiger partial charge in [-0.2, -0.15) is 5.26 Å². The fourth-order valence-electron chi connectivity index (χ4n) is 3.47. The summed E-state index contributed by atoms with van der Waals surface area (Å²) in [4.78, 5) is 5.65. The van der Waals surface area contributed by atoms with Gasteiger partial charge in [0.2, 0.25) is 6.79 Å². The number of nitrogens with zero attached hydrogens (tertiary/aromatic N) is 3. The van der Waals surface area contributed by atoms with E-state index < -0.39 is 0 Å². The molecule has 6 nitrogen and oxygen atoms in total. The average Bonchev–Trinajstić information content (AvgIpc) is 3.43. The van der Waals surface area contributed by atoms with Gasteiger partial charge in [-0.25, -0.2) is 4.98 Å². The first kappa shape index (κ1) is 16.7. The Hall–Kier alpha value is -3.50. The topological polar surface area (TPSA) is 68.8 Å². The van der Waals surface area contributed by atoms with E-state index in [0.717, 1.165) is 44.7 Å². The molecule has 0 bridgehead atoms. The van der Waals surface area contributed by atoms with Crippen LogP contribution in [0.25, 0.3) is 27.5 Å². The second-order valence-corrected chi connectivity index (χ2v) is 7.09. The molecule has 0 fully saturated rings. The van der Waals surface area contributed by atoms with Crippen molar-refractivity contribution in [1.82, 2.24) is 9.38 Å². The smallest absolute Gasteiger partial charge is 0.231 e. The summed E-state index contributed by atoms with van der Waals surface area (Å²) >= 11 is 1.54. The molecule has 7 heteroatoms. The quantitative estimate of drug-likeness (QED) is 0.513. The first-order valence-corrected chi connectivity index (χ1v) is 9.57. The predicted molar refractivity (Wildman–Crippen MR) is 106 cm³/mol. The maximum Gasteiger partial charge on any atom is 0.231 e. The molecular weight excluding hydrogens is 374 g/mol. The zero-order chi connectivity index (χ0) is 19.1. The lowest BCUT2D eigenvalue weighted by Crippen LogP contribution is -1.96. The molecule has 2 aromatic carbocycles. The molecule has 0 saturated heterocycles. The molecule has 4 aromatic rings. The highest BCUT2D eigenvalue weighted by atomic mass is 32.1. The van der Waals surface area contributed by atoms with Crippen molar-refractivity contribution in [1.29, 1.82) is 5.26 Å². The molecule has 0 saturated carbocycles. The minimum Gasteiger partial charge on any atom is -0.496 e. The maximum atomic E-state index is 9.47. The van der Waals surface area contributed by atoms with Crippen molar-refractivity contribution < 1.29 is 14.2 Å². The second kappa shape index (κ2) is 6.59. The van der Waals surface area contributed by atoms with E-state index in [1.165, 1.54) is 11.3 Å². The molecule has 138 valence electrons. The molecule has 2 aromatic heterocycles. The van der Waals surface area contributed by atoms with Crippen molar-refractivity contribution in [2.24, 2.45) is 0 Å². The molecule has 3 heterocycles. The molecular formula is C21H15N3O3S. The van der Waals surface area contributed by atoms with Gasteiger partial charge in [-0.05, 0) is 30.3 Å². The van der Waals surface area contributed by atoms with E-state index in [2.05, 4.69) is 6.07 Å². The van der Waals surface area contributed by atoms with Crippen LogP contribution in [-0.4, -0.2) is 23.3 Å². The van der Waals surface area contributed by atoms with Gasteiger partial charge in [0.05, 0.1) is 36.7 Å². The Labute approximate surface area is 165 Å². The molecule has 5 rings (SSSR count). The first-order chi connectivity index (χ1) is 13.8. The fourth-order valence-corrected chi connectivity index (χ4v) is 4.38. The summed E-state index contributed by atoms with van der Waals surface area (Å²) < 4.78 is 18.5. The number of hydrogen-bond acceptors (Lipinski definition) is 6. The lowest BCUT2D eigenvalue weighted by atomic mass is 10.1. The number of ether oxygens (including phenoxy) is 3. The third-order valence-electron chi connectivity index (χ3n) is 4.73. The number of fused-ring (bicyclic) bond motifs is 2. The molecule has 1 aliphatic heterocycles. The Morgan fingerprint density at radius 2 is 2.07 bits per heavy atom. The van der Waals surface area contributed by atoms with E-state index in [4.69, 9.17) is 19.2 Å². The summed E-state index contributed by atoms with van der Waals surface area (Å²) in [5.74, 6) is 2.20. The summed E-state index contributed by atoms with van der Waals surface area (Å²) in [7, 11) is 1.66. The summed E-state index contributed by atoms with van der Waals surface area (Å²) in [6.45, 7) is 0.222. The van der Waals surface area contributed by atoms with E-state index >= 15 is 0 Å². The number of methoxy groups -OCH3 is 1. The Kier molecular flexibility index (Phi) is 3.92. The van der Waals surface area contributed by atoms with Crippen LogP contribution in [0.4, 0.5) is 0 Å². The molecule has 28 heavy (non-hydrogen) atoms. The Morgan fingerprint density at radius 3 is 2.93 bits per heavy atom. The average molecular weight is 389 g/mol. The van der Waals surface area contributed by atoms with Gasteiger partial charge in [-0.15, -0.1) is 11.3 Å². The molecule has 0 amide bonds. The van der Waals surface area contributed by atoms with Crippen molar-refractivity contribution >= 4 is 16.3 Å². The zero-order valence-electron chi connectivity index (χ0n) is 15.0. The molecule has 0 aliphatic carbocycles. The number of aromatic nitrogens is 2. The highest BCUT2D eigenvalue weighted by Gasteiger charge is 2.22. The fraction of sp³-hybridized carbons (Fsp3) is 0.143. The molecule has 0 radical (unpaired) electrons. The van der Waals surface area contributed by atoms with E-state index in [1.807, 2.05) is 52.2 Å². The van der Waals surface area contributed by atoms with Crippen LogP contribution >= 0.6 is 11.3 Å². The largest absolute Gasteiger partial charge is 0.496 e. The van der Waals surface area contributed by atoms with E-state index in [-0.39, 0.29) is 13.2 Å². The molecule has 0 N–H and O–H groups in total. The Balaban J connectivity index is 1.73. The third kappa shape index (κ3) is 2.50. The molecule has 1 aliphatic rings. The summed E-state index contributed by atoms with van der Waals surface area (Å²) in [5.41, 5.74) is 4.45. The second-order valence-electron chi connectivity index (χ2n) is 6.25. The maximum absolute atomic E-state index is 9.47. The number of hydrogen-bond donors (Lipinski definition) is 0. The van der Waals surface area contributed by atoms with E-state index in [0.29, 0.717) is 5.75 Å². The summed E-state index contributed by atoms with van der Waals surface area (Å²) in [6, 6.07) is 15.9. The number of nitriles is 1. The first-order valence-electron chi connectivity index (χ1n) is 8.69. The van der Waals surface area contributed by atoms with Crippen LogP contribution < -0.4 is 14.2 Å². The van der Waals surface area contributed by atoms with Crippen molar-refractivity contribution in [2.45, 2.75) is 6.42 Å². The Bertz CT molecular complexity index is 1240. The lowest BCUT2D eigenvalue weighted by molar-refractivity contribution is 0.174. The van der Waals surface area contributed by atoms with Crippen molar-refractivity contribution in [3.8, 4) is 45.8 Å². The minimum absolute atomic E-state index is 0.222. The van der Waals surface area contributed by atoms with Gasteiger partial charge in [0.15, 0.2) is 16.5 Å². The highest BCUT2D eigenvalue weighted by Crippen LogP contribution is 2.40. The number of thiazole rings is 1. The normalized spacial score (nSPS) is 12.3. The van der Waals surface area contributed by atoms with E-state index in [9.17, 15) is 5.26 Å². The molecule has 0 atom stereocenters. The van der Waals surface area contributed by atoms with Crippen LogP contribution in [-0.2, 0) is 6.42 Å². The monoisotopic (exact) mass is 389 g/mol. The van der Waals surface area contributed by atoms with Crippen molar-refractivity contribution in [2.75, 3.05) is 13.9 Å². The van der Waals surface area contributed by atoms with E-state index in [1.54, 1.807) is 7.11 Å². The van der Waals surface area contributed by atoms with Gasteiger partial charge in [0.1, 0.15) is 5.75 Å². The molecule has 0 unspecified atom stereocenters. The van der Waals surface area contributed by atoms with Crippen LogP contribution in [0.2, 0.25) is 0 Å². The van der Waals surface area contributed by atoms with Gasteiger partial charge in [0, 0.05) is 16.5 Å². The number of imidazole rings is 1. The molecule has 0 spiro atoms. The summed E-state index contributed by atoms with van der Waals surface area (Å²) in [5, 5.41) is 11.5. The van der Waals surface area contributed by atoms with Crippen LogP contribution in [0, 0.1) is 11.3 Å². The van der Waals surface area contributed by atoms with Crippen molar-refractivity contribution in [3.05, 3.63) is 53.5 Å². The number of para-hydroxylation sites is 1. The van der Waals surface area contributed by atoms with Gasteiger partial charge in [-0.1, -0.05) is 12.1 Å². The summed E-state index contributed by atoms with van der Waals surface area (Å²) in [6.07, 6.45) is 0.240. The van der Waals surface area contributed by atoms with Crippen LogP contribution in [0.3, 0.4) is 0 Å². The third-order valence-corrected chi connectivity index (χ3v) is 5.56. The minimum atomic E-state index is 0.222. The van der Waals surface area contributed by atoms with Crippen LogP contribution in [0.5, 0.6) is 17.2 Å². The van der Waals surface area contributed by atoms with Gasteiger partial charge in [0.25, 0.3) is 0 Å². The predicted octanol–water partition coefficient (Wildman–Crippen LogP) is 4.53. The Morgan fingerprint density at radius 1 is 1.21 bits per heavy atom. The van der Waals surface area contributed by atoms with Crippen molar-refractivity contribution in [3.63, 3.8) is 0 Å². The van der Waals surface area contributed by atoms with Crippen LogP contribution in [0.15, 0.2) is 47.8 Å². The number of rotatable bonds is 4. The lowest BCUT2D eigenvalue weighted by Gasteiger charge is -2.09. The zero-order valence-corrected chi connectivity index (χ0v) is 15.8. The van der Waals surface area contributed by atoms with Gasteiger partial charge >= 0.3 is 0 Å². The highest BCUT2D eigenvalue weighted by molar-refractivity contribution is 7.15. The number of benzene rings is 2. The standard InChI is InChI=1S/C21H15N3O3S/c1-25-17-5-3-2-4-14(17)16-11-28-21-23-20(15(8-9-22)24(16)21)13-6-7-18-19(10-13)27-12-26-18/h2-7,10-11H,8,12H2,1H3. The SMILES string of the molecule is COc1ccccc1-c1csc2nc(-c3ccc4c(c3)OCO4)c(CC#N)n12. The van der Waals surface area contributed by atoms with Crippen LogP contribution in [0.1, 0.15) is 5.69 Å². The van der Waals surface area contributed by atoms with Gasteiger partial charge in [-0.3, -0.25) is 4.40 Å². The van der Waals surface area contributed by atoms with Gasteiger partial charge < -0.3 is 14.2 Å².